The highest BCUT2D eigenvalue weighted by molar-refractivity contribution is 5.37. The van der Waals surface area contributed by atoms with E-state index < -0.39 is 0 Å². The van der Waals surface area contributed by atoms with Crippen molar-refractivity contribution in [2.24, 2.45) is 0 Å². The van der Waals surface area contributed by atoms with Gasteiger partial charge in [0, 0.05) is 25.0 Å². The molecule has 2 unspecified atom stereocenters. The van der Waals surface area contributed by atoms with Crippen LogP contribution in [0.3, 0.4) is 0 Å². The second kappa shape index (κ2) is 5.63. The summed E-state index contributed by atoms with van der Waals surface area (Å²) in [7, 11) is 0. The van der Waals surface area contributed by atoms with E-state index >= 15 is 0 Å². The number of fused-ring (bicyclic) bond motifs is 1. The van der Waals surface area contributed by atoms with Gasteiger partial charge < -0.3 is 10.6 Å². The van der Waals surface area contributed by atoms with Gasteiger partial charge in [-0.25, -0.2) is 0 Å². The van der Waals surface area contributed by atoms with Crippen LogP contribution in [0.4, 0.5) is 0 Å². The molecule has 1 saturated carbocycles. The second-order valence-electron chi connectivity index (χ2n) is 6.22. The number of nitrogens with one attached hydrogen (secondary N) is 2. The van der Waals surface area contributed by atoms with Crippen molar-refractivity contribution in [3.8, 4) is 0 Å². The van der Waals surface area contributed by atoms with Crippen molar-refractivity contribution in [2.75, 3.05) is 6.54 Å². The molecule has 2 aliphatic rings. The predicted molar refractivity (Wildman–Crippen MR) is 86.3 cm³/mol. The van der Waals surface area contributed by atoms with E-state index in [9.17, 15) is 0 Å². The third-order valence-corrected chi connectivity index (χ3v) is 4.81. The first-order chi connectivity index (χ1) is 10.4. The van der Waals surface area contributed by atoms with Crippen molar-refractivity contribution in [3.05, 3.63) is 70.8 Å². The van der Waals surface area contributed by atoms with Crippen LogP contribution in [-0.4, -0.2) is 12.6 Å². The van der Waals surface area contributed by atoms with Crippen LogP contribution in [0.5, 0.6) is 0 Å². The first-order valence-electron chi connectivity index (χ1n) is 8.00. The van der Waals surface area contributed by atoms with Crippen molar-refractivity contribution < 1.29 is 0 Å². The first-order valence-corrected chi connectivity index (χ1v) is 8.00. The molecule has 0 aromatic heterocycles. The normalized spacial score (nSPS) is 23.6. The Balaban J connectivity index is 1.40. The molecule has 0 saturated heterocycles. The van der Waals surface area contributed by atoms with E-state index in [0.717, 1.165) is 19.6 Å². The number of rotatable bonds is 4. The Morgan fingerprint density at radius 3 is 2.86 bits per heavy atom. The minimum atomic E-state index is 0.657. The fourth-order valence-electron chi connectivity index (χ4n) is 3.51. The summed E-state index contributed by atoms with van der Waals surface area (Å²) in [6, 6.07) is 18.3. The van der Waals surface area contributed by atoms with E-state index in [1.54, 1.807) is 5.56 Å². The molecule has 1 heterocycles. The highest BCUT2D eigenvalue weighted by Crippen LogP contribution is 2.40. The molecule has 2 atom stereocenters. The summed E-state index contributed by atoms with van der Waals surface area (Å²) in [5.74, 6) is 0.715. The van der Waals surface area contributed by atoms with Gasteiger partial charge in [0.15, 0.2) is 0 Å². The van der Waals surface area contributed by atoms with Gasteiger partial charge in [-0.2, -0.15) is 0 Å². The third kappa shape index (κ3) is 2.74. The molecule has 0 spiro atoms. The van der Waals surface area contributed by atoms with Crippen LogP contribution in [0, 0.1) is 0 Å². The first kappa shape index (κ1) is 13.1. The number of hydrogen-bond acceptors (Lipinski definition) is 2. The van der Waals surface area contributed by atoms with E-state index in [1.165, 1.54) is 29.5 Å². The fraction of sp³-hybridized carbons (Fsp3) is 0.368. The lowest BCUT2D eigenvalue weighted by molar-refractivity contribution is 0.622. The molecule has 21 heavy (non-hydrogen) atoms. The largest absolute Gasteiger partial charge is 0.312 e. The Labute approximate surface area is 126 Å². The lowest BCUT2D eigenvalue weighted by Crippen LogP contribution is -2.26. The van der Waals surface area contributed by atoms with Crippen LogP contribution in [-0.2, 0) is 19.5 Å². The van der Waals surface area contributed by atoms with E-state index in [2.05, 4.69) is 59.2 Å². The van der Waals surface area contributed by atoms with Crippen molar-refractivity contribution >= 4 is 0 Å². The molecule has 2 N–H and O–H groups in total. The molecule has 2 heteroatoms. The summed E-state index contributed by atoms with van der Waals surface area (Å²) in [4.78, 5) is 0. The zero-order valence-corrected chi connectivity index (χ0v) is 12.3. The average molecular weight is 278 g/mol. The monoisotopic (exact) mass is 278 g/mol. The molecular formula is C19H22N2. The minimum absolute atomic E-state index is 0.657. The van der Waals surface area contributed by atoms with Crippen LogP contribution in [0.1, 0.15) is 34.6 Å². The predicted octanol–water partition coefficient (Wildman–Crippen LogP) is 2.98. The van der Waals surface area contributed by atoms with Crippen molar-refractivity contribution in [3.63, 3.8) is 0 Å². The van der Waals surface area contributed by atoms with Crippen molar-refractivity contribution in [1.82, 2.24) is 10.6 Å². The molecular weight excluding hydrogens is 256 g/mol. The highest BCUT2D eigenvalue weighted by Gasteiger charge is 2.37. The molecule has 0 bridgehead atoms. The Bertz CT molecular complexity index is 621. The smallest absolute Gasteiger partial charge is 0.0211 e. The molecule has 4 rings (SSSR count). The second-order valence-corrected chi connectivity index (χ2v) is 6.22. The van der Waals surface area contributed by atoms with Gasteiger partial charge in [0.25, 0.3) is 0 Å². The Kier molecular flexibility index (Phi) is 3.50. The highest BCUT2D eigenvalue weighted by atomic mass is 15.0. The average Bonchev–Trinajstić information content (AvgIpc) is 3.33. The van der Waals surface area contributed by atoms with Crippen LogP contribution in [0.2, 0.25) is 0 Å². The molecule has 2 nitrogen and oxygen atoms in total. The van der Waals surface area contributed by atoms with Crippen molar-refractivity contribution in [1.29, 1.82) is 0 Å². The minimum Gasteiger partial charge on any atom is -0.312 e. The lowest BCUT2D eigenvalue weighted by Gasteiger charge is -2.20. The Hall–Kier alpha value is -1.64. The number of hydrogen-bond donors (Lipinski definition) is 2. The zero-order valence-electron chi connectivity index (χ0n) is 12.3. The molecule has 1 aliphatic heterocycles. The molecule has 2 aromatic rings. The van der Waals surface area contributed by atoms with Crippen LogP contribution < -0.4 is 10.6 Å². The van der Waals surface area contributed by atoms with Crippen LogP contribution >= 0.6 is 0 Å². The van der Waals surface area contributed by atoms with E-state index in [4.69, 9.17) is 0 Å². The van der Waals surface area contributed by atoms with Crippen LogP contribution in [0.15, 0.2) is 48.5 Å². The summed E-state index contributed by atoms with van der Waals surface area (Å²) >= 11 is 0. The topological polar surface area (TPSA) is 24.1 Å². The van der Waals surface area contributed by atoms with E-state index in [1.807, 2.05) is 0 Å². The maximum Gasteiger partial charge on any atom is 0.0211 e. The quantitative estimate of drug-likeness (QED) is 0.898. The fourth-order valence-corrected chi connectivity index (χ4v) is 3.51. The molecule has 2 aromatic carbocycles. The van der Waals surface area contributed by atoms with Gasteiger partial charge in [-0.3, -0.25) is 0 Å². The Morgan fingerprint density at radius 1 is 1.05 bits per heavy atom. The van der Waals surface area contributed by atoms with E-state index in [-0.39, 0.29) is 0 Å². The van der Waals surface area contributed by atoms with E-state index in [0.29, 0.717) is 12.0 Å². The third-order valence-electron chi connectivity index (χ3n) is 4.81. The standard InChI is InChI=1S/C19H22N2/c1-2-5-14(6-3-1)18-11-19(18)21-13-16-8-4-7-15-12-20-10-9-17(15)16/h1-8,18-21H,9-13H2. The van der Waals surface area contributed by atoms with Gasteiger partial charge in [-0.05, 0) is 41.6 Å². The van der Waals surface area contributed by atoms with Crippen molar-refractivity contribution in [2.45, 2.75) is 37.9 Å². The van der Waals surface area contributed by atoms with Gasteiger partial charge in [0.2, 0.25) is 0 Å². The number of benzene rings is 2. The zero-order chi connectivity index (χ0) is 14.1. The van der Waals surface area contributed by atoms with Gasteiger partial charge in [0.05, 0.1) is 0 Å². The summed E-state index contributed by atoms with van der Waals surface area (Å²) in [5, 5.41) is 7.20. The molecule has 0 amide bonds. The lowest BCUT2D eigenvalue weighted by atomic mass is 9.95. The summed E-state index contributed by atoms with van der Waals surface area (Å²) < 4.78 is 0. The van der Waals surface area contributed by atoms with Gasteiger partial charge in [0.1, 0.15) is 0 Å². The molecule has 1 aliphatic carbocycles. The molecule has 1 fully saturated rings. The maximum absolute atomic E-state index is 3.75. The maximum atomic E-state index is 3.75. The Morgan fingerprint density at radius 2 is 1.95 bits per heavy atom. The van der Waals surface area contributed by atoms with Gasteiger partial charge in [-0.15, -0.1) is 0 Å². The molecule has 0 radical (unpaired) electrons. The summed E-state index contributed by atoms with van der Waals surface area (Å²) in [5.41, 5.74) is 6.03. The van der Waals surface area contributed by atoms with Crippen LogP contribution in [0.25, 0.3) is 0 Å². The summed E-state index contributed by atoms with van der Waals surface area (Å²) in [6.45, 7) is 3.15. The van der Waals surface area contributed by atoms with Gasteiger partial charge in [-0.1, -0.05) is 48.5 Å². The summed E-state index contributed by atoms with van der Waals surface area (Å²) in [6.07, 6.45) is 2.45. The van der Waals surface area contributed by atoms with Gasteiger partial charge >= 0.3 is 0 Å². The SMILES string of the molecule is c1ccc(C2CC2NCc2cccc3c2CCNC3)cc1. The molecule has 108 valence electrons.